The van der Waals surface area contributed by atoms with Crippen LogP contribution in [0.5, 0.6) is 0 Å². The van der Waals surface area contributed by atoms with Gasteiger partial charge in [-0.2, -0.15) is 0 Å². The molecule has 0 aromatic carbocycles. The third-order valence-corrected chi connectivity index (χ3v) is 12.9. The van der Waals surface area contributed by atoms with Gasteiger partial charge >= 0.3 is 7.12 Å². The van der Waals surface area contributed by atoms with E-state index in [1.165, 1.54) is 29.5 Å². The highest BCUT2D eigenvalue weighted by Crippen LogP contribution is 2.47. The van der Waals surface area contributed by atoms with Crippen LogP contribution in [0.2, 0.25) is 5.15 Å². The van der Waals surface area contributed by atoms with E-state index >= 15 is 0 Å². The van der Waals surface area contributed by atoms with Crippen LogP contribution in [0.15, 0.2) is 61.2 Å². The Kier molecular flexibility index (Phi) is 9.48. The van der Waals surface area contributed by atoms with Gasteiger partial charge in [0.25, 0.3) is 11.8 Å². The molecule has 6 aromatic heterocycles. The summed E-state index contributed by atoms with van der Waals surface area (Å²) in [6.45, 7) is -0.208. The topological polar surface area (TPSA) is 222 Å². The monoisotopic (exact) mass is 824 g/mol. The number of nitrogens with zero attached hydrogens (tertiary/aromatic N) is 4. The maximum Gasteiger partial charge on any atom is 0.490 e. The van der Waals surface area contributed by atoms with E-state index in [9.17, 15) is 14.7 Å². The standard InChI is InChI=1S/C22H20N4O2.C16H14ClN3O.C6H8BNO3/c27-11-14-3-1-13(10-23-14)17-7-16-12(9-24-17)2-4-15-19-18(25-20(15)16)8-22(5-6-22)26-21(19)28;17-12-5-10-8(7-18-12)1-2-9-13-11(19-14(9)10)6-16(3-4-16)20-15(13)21;9-4-6-2-1-5(3-8-6)7(10)11/h1,3,7,9-10,25,27H,2,4-6,8,11H2,(H,26,28);5,7,19H,1-4,6H2,(H,20,21);1-3,9-11H,4H2. The van der Waals surface area contributed by atoms with Gasteiger partial charge in [0.1, 0.15) is 5.15 Å². The highest BCUT2D eigenvalue weighted by atomic mass is 35.5. The molecular formula is C44H42BClN8O6. The molecule has 0 bridgehead atoms. The fraction of sp³-hybridized carbons (Fsp3) is 0.318. The van der Waals surface area contributed by atoms with E-state index in [1.807, 2.05) is 30.6 Å². The normalized spacial score (nSPS) is 17.5. The minimum Gasteiger partial charge on any atom is -0.423 e. The predicted octanol–water partition coefficient (Wildman–Crippen LogP) is 3.45. The second-order valence-electron chi connectivity index (χ2n) is 16.7. The number of aryl methyl sites for hydroxylation is 2. The first-order valence-corrected chi connectivity index (χ1v) is 20.7. The quantitative estimate of drug-likeness (QED) is 0.0956. The van der Waals surface area contributed by atoms with Gasteiger partial charge in [-0.1, -0.05) is 17.7 Å². The number of nitrogens with one attached hydrogen (secondary N) is 4. The number of halogens is 1. The van der Waals surface area contributed by atoms with Crippen LogP contribution in [0.4, 0.5) is 0 Å². The van der Waals surface area contributed by atoms with Crippen LogP contribution in [0.3, 0.4) is 0 Å². The summed E-state index contributed by atoms with van der Waals surface area (Å²) in [6, 6.07) is 10.8. The summed E-state index contributed by atoms with van der Waals surface area (Å²) in [5.74, 6) is 0.174. The van der Waals surface area contributed by atoms with Gasteiger partial charge in [-0.05, 0) is 104 Å². The molecule has 12 rings (SSSR count). The lowest BCUT2D eigenvalue weighted by molar-refractivity contribution is 0.0908. The third-order valence-electron chi connectivity index (χ3n) is 12.7. The molecule has 2 fully saturated rings. The molecule has 0 saturated heterocycles. The Balaban J connectivity index is 0.000000119. The Labute approximate surface area is 350 Å². The van der Waals surface area contributed by atoms with E-state index in [1.54, 1.807) is 6.20 Å². The van der Waals surface area contributed by atoms with Crippen LogP contribution < -0.4 is 16.1 Å². The highest BCUT2D eigenvalue weighted by molar-refractivity contribution is 6.58. The second-order valence-corrected chi connectivity index (χ2v) is 17.1. The maximum atomic E-state index is 12.8. The molecule has 2 saturated carbocycles. The van der Waals surface area contributed by atoms with Crippen molar-refractivity contribution in [3.05, 3.63) is 122 Å². The number of carbonyl (C=O) groups excluding carboxylic acids is 2. The molecule has 16 heteroatoms. The van der Waals surface area contributed by atoms with Crippen molar-refractivity contribution in [1.82, 2.24) is 40.5 Å². The summed E-state index contributed by atoms with van der Waals surface area (Å²) in [4.78, 5) is 49.2. The van der Waals surface area contributed by atoms with Crippen molar-refractivity contribution in [2.45, 2.75) is 88.5 Å². The molecule has 2 amide bonds. The lowest BCUT2D eigenvalue weighted by atomic mass is 9.82. The molecule has 2 spiro atoms. The van der Waals surface area contributed by atoms with Crippen LogP contribution in [-0.4, -0.2) is 80.2 Å². The van der Waals surface area contributed by atoms with Crippen molar-refractivity contribution >= 4 is 36.0 Å². The zero-order valence-electron chi connectivity index (χ0n) is 32.6. The molecule has 60 heavy (non-hydrogen) atoms. The van der Waals surface area contributed by atoms with Gasteiger partial charge in [-0.15, -0.1) is 0 Å². The molecule has 14 nitrogen and oxygen atoms in total. The average molecular weight is 825 g/mol. The summed E-state index contributed by atoms with van der Waals surface area (Å²) in [5.41, 5.74) is 16.3. The van der Waals surface area contributed by atoms with Gasteiger partial charge in [0.05, 0.1) is 52.8 Å². The van der Waals surface area contributed by atoms with Gasteiger partial charge in [-0.3, -0.25) is 24.5 Å². The molecule has 2 aliphatic heterocycles. The maximum absolute atomic E-state index is 12.8. The van der Waals surface area contributed by atoms with E-state index in [2.05, 4.69) is 46.6 Å². The number of carbonyl (C=O) groups is 2. The molecule has 6 aromatic rings. The number of pyridine rings is 4. The smallest absolute Gasteiger partial charge is 0.423 e. The van der Waals surface area contributed by atoms with Gasteiger partial charge < -0.3 is 40.9 Å². The number of aliphatic hydroxyl groups excluding tert-OH is 2. The number of aromatic amines is 2. The molecule has 0 unspecified atom stereocenters. The number of hydrogen-bond acceptors (Lipinski definition) is 10. The average Bonchev–Trinajstić information content (AvgIpc) is 4.10. The van der Waals surface area contributed by atoms with E-state index in [0.717, 1.165) is 132 Å². The lowest BCUT2D eigenvalue weighted by Crippen LogP contribution is -2.43. The Morgan fingerprint density at radius 1 is 0.650 bits per heavy atom. The molecule has 304 valence electrons. The molecule has 4 aliphatic carbocycles. The molecule has 6 aliphatic rings. The first-order chi connectivity index (χ1) is 29.0. The van der Waals surface area contributed by atoms with Crippen LogP contribution in [-0.2, 0) is 51.7 Å². The van der Waals surface area contributed by atoms with Crippen molar-refractivity contribution in [3.8, 4) is 33.8 Å². The van der Waals surface area contributed by atoms with Gasteiger partial charge in [-0.25, -0.2) is 4.98 Å². The minimum atomic E-state index is -1.49. The first kappa shape index (κ1) is 38.5. The Bertz CT molecular complexity index is 2690. The zero-order valence-corrected chi connectivity index (χ0v) is 33.4. The van der Waals surface area contributed by atoms with Crippen LogP contribution >= 0.6 is 11.6 Å². The SMILES string of the molecule is O=C1NC2(CC2)Cc2[nH]c3c(c21)CCc1cnc(-c2ccc(CO)nc2)cc1-3.O=C1NC2(CC2)Cc2[nH]c3c(c21)CCc1cnc(Cl)cc1-3.OCc1ccc(B(O)O)cn1. The van der Waals surface area contributed by atoms with Crippen LogP contribution in [0, 0.1) is 0 Å². The lowest BCUT2D eigenvalue weighted by Gasteiger charge is -2.24. The number of aromatic nitrogens is 6. The van der Waals surface area contributed by atoms with Crippen molar-refractivity contribution in [2.75, 3.05) is 0 Å². The van der Waals surface area contributed by atoms with Gasteiger partial charge in [0, 0.05) is 82.2 Å². The predicted molar refractivity (Wildman–Crippen MR) is 223 cm³/mol. The number of amides is 2. The fourth-order valence-electron chi connectivity index (χ4n) is 9.08. The highest BCUT2D eigenvalue weighted by Gasteiger charge is 2.50. The van der Waals surface area contributed by atoms with Crippen LogP contribution in [0.1, 0.15) is 91.4 Å². The number of hydrogen-bond donors (Lipinski definition) is 8. The third kappa shape index (κ3) is 6.99. The summed E-state index contributed by atoms with van der Waals surface area (Å²) < 4.78 is 0. The van der Waals surface area contributed by atoms with Crippen molar-refractivity contribution in [2.24, 2.45) is 0 Å². The van der Waals surface area contributed by atoms with E-state index < -0.39 is 7.12 Å². The van der Waals surface area contributed by atoms with E-state index in [4.69, 9.17) is 26.8 Å². The van der Waals surface area contributed by atoms with Crippen molar-refractivity contribution in [3.63, 3.8) is 0 Å². The largest absolute Gasteiger partial charge is 0.490 e. The molecule has 0 atom stereocenters. The number of H-pyrrole nitrogens is 2. The Hall–Kier alpha value is -5.71. The number of aliphatic hydroxyl groups is 2. The van der Waals surface area contributed by atoms with Crippen molar-refractivity contribution in [1.29, 1.82) is 0 Å². The summed E-state index contributed by atoms with van der Waals surface area (Å²) in [5, 5.41) is 42.0. The molecular weight excluding hydrogens is 783 g/mol. The fourth-order valence-corrected chi connectivity index (χ4v) is 9.23. The van der Waals surface area contributed by atoms with E-state index in [-0.39, 0.29) is 36.1 Å². The van der Waals surface area contributed by atoms with Gasteiger partial charge in [0.2, 0.25) is 0 Å². The summed E-state index contributed by atoms with van der Waals surface area (Å²) in [6.07, 6.45) is 16.6. The van der Waals surface area contributed by atoms with Gasteiger partial charge in [0.15, 0.2) is 0 Å². The Morgan fingerprint density at radius 3 is 1.67 bits per heavy atom. The Morgan fingerprint density at radius 2 is 1.18 bits per heavy atom. The minimum absolute atomic E-state index is 0.00386. The zero-order chi connectivity index (χ0) is 41.3. The molecule has 0 radical (unpaired) electrons. The second kappa shape index (κ2) is 14.8. The van der Waals surface area contributed by atoms with Crippen molar-refractivity contribution < 1.29 is 29.9 Å². The number of rotatable bonds is 4. The number of fused-ring (bicyclic) bond motifs is 10. The summed E-state index contributed by atoms with van der Waals surface area (Å²) >= 11 is 6.05. The molecule has 8 heterocycles. The summed E-state index contributed by atoms with van der Waals surface area (Å²) in [7, 11) is -1.49. The molecule has 8 N–H and O–H groups in total. The van der Waals surface area contributed by atoms with Crippen LogP contribution in [0.25, 0.3) is 33.8 Å². The first-order valence-electron chi connectivity index (χ1n) is 20.3. The van der Waals surface area contributed by atoms with E-state index in [0.29, 0.717) is 22.0 Å².